The van der Waals surface area contributed by atoms with Crippen LogP contribution in [-0.2, 0) is 11.3 Å². The van der Waals surface area contributed by atoms with Crippen molar-refractivity contribution in [2.45, 2.75) is 51.5 Å². The predicted molar refractivity (Wildman–Crippen MR) is 58.7 cm³/mol. The fraction of sp³-hybridized carbons (Fsp3) is 0.667. The van der Waals surface area contributed by atoms with E-state index in [1.54, 1.807) is 0 Å². The summed E-state index contributed by atoms with van der Waals surface area (Å²) in [5, 5.41) is 0. The van der Waals surface area contributed by atoms with Crippen molar-refractivity contribution in [3.63, 3.8) is 0 Å². The molecule has 0 radical (unpaired) electrons. The molecular formula is C12H18N2O. The predicted octanol–water partition coefficient (Wildman–Crippen LogP) is 2.52. The number of Topliss-reactive ketones (excluding diaryl/α,β-unsaturated/α-hetero) is 1. The zero-order valence-electron chi connectivity index (χ0n) is 9.28. The monoisotopic (exact) mass is 206 g/mol. The van der Waals surface area contributed by atoms with Crippen LogP contribution >= 0.6 is 0 Å². The third-order valence-electron chi connectivity index (χ3n) is 3.08. The summed E-state index contributed by atoms with van der Waals surface area (Å²) in [6, 6.07) is 0. The Labute approximate surface area is 90.5 Å². The highest BCUT2D eigenvalue weighted by Gasteiger charge is 2.27. The molecule has 15 heavy (non-hydrogen) atoms. The molecule has 1 aromatic heterocycles. The minimum absolute atomic E-state index is 0.0697. The highest BCUT2D eigenvalue weighted by molar-refractivity contribution is 5.85. The molecule has 0 amide bonds. The molecule has 1 aliphatic rings. The Morgan fingerprint density at radius 3 is 3.13 bits per heavy atom. The topological polar surface area (TPSA) is 34.9 Å². The molecule has 1 heterocycles. The smallest absolute Gasteiger partial charge is 0.143 e. The van der Waals surface area contributed by atoms with E-state index >= 15 is 0 Å². The average Bonchev–Trinajstić information content (AvgIpc) is 2.67. The number of carbonyl (C=O) groups excluding carboxylic acids is 1. The number of carbonyl (C=O) groups is 1. The lowest BCUT2D eigenvalue weighted by atomic mass is 9.87. The molecular weight excluding hydrogens is 188 g/mol. The molecule has 1 aromatic rings. The Bertz CT molecular complexity index is 343. The summed E-state index contributed by atoms with van der Waals surface area (Å²) < 4.78 is 2.13. The molecule has 3 heteroatoms. The van der Waals surface area contributed by atoms with Gasteiger partial charge in [0.25, 0.3) is 0 Å². The second-order valence-electron chi connectivity index (χ2n) is 4.24. The number of nitrogens with zero attached hydrogens (tertiary/aromatic N) is 2. The van der Waals surface area contributed by atoms with Gasteiger partial charge in [-0.2, -0.15) is 0 Å². The van der Waals surface area contributed by atoms with Crippen molar-refractivity contribution in [3.05, 3.63) is 18.2 Å². The zero-order valence-corrected chi connectivity index (χ0v) is 9.28. The summed E-state index contributed by atoms with van der Waals surface area (Å²) in [6.07, 6.45) is 8.83. The van der Waals surface area contributed by atoms with Gasteiger partial charge in [-0.05, 0) is 19.3 Å². The van der Waals surface area contributed by atoms with E-state index in [0.717, 1.165) is 44.5 Å². The number of aryl methyl sites for hydroxylation is 1. The van der Waals surface area contributed by atoms with E-state index < -0.39 is 0 Å². The third kappa shape index (κ3) is 2.11. The first-order valence-electron chi connectivity index (χ1n) is 5.86. The quantitative estimate of drug-likeness (QED) is 0.761. The summed E-state index contributed by atoms with van der Waals surface area (Å²) in [5.74, 6) is 1.44. The van der Waals surface area contributed by atoms with E-state index in [0.29, 0.717) is 5.78 Å². The summed E-state index contributed by atoms with van der Waals surface area (Å²) in [7, 11) is 0. The highest BCUT2D eigenvalue weighted by Crippen LogP contribution is 2.28. The van der Waals surface area contributed by atoms with Crippen molar-refractivity contribution in [2.24, 2.45) is 0 Å². The third-order valence-corrected chi connectivity index (χ3v) is 3.08. The van der Waals surface area contributed by atoms with Crippen LogP contribution in [0.15, 0.2) is 12.4 Å². The Balaban J connectivity index is 2.19. The lowest BCUT2D eigenvalue weighted by Crippen LogP contribution is -2.21. The van der Waals surface area contributed by atoms with Crippen LogP contribution in [0.2, 0.25) is 0 Å². The van der Waals surface area contributed by atoms with Gasteiger partial charge in [0.2, 0.25) is 0 Å². The molecule has 1 atom stereocenters. The van der Waals surface area contributed by atoms with Crippen LogP contribution in [0.25, 0.3) is 0 Å². The van der Waals surface area contributed by atoms with Gasteiger partial charge in [-0.15, -0.1) is 0 Å². The number of hydrogen-bond acceptors (Lipinski definition) is 2. The zero-order chi connectivity index (χ0) is 10.7. The summed E-state index contributed by atoms with van der Waals surface area (Å²) >= 11 is 0. The maximum absolute atomic E-state index is 11.8. The average molecular weight is 206 g/mol. The largest absolute Gasteiger partial charge is 0.334 e. The molecule has 1 fully saturated rings. The first-order valence-corrected chi connectivity index (χ1v) is 5.86. The SMILES string of the molecule is CCCn1ccnc1C1CCCCC1=O. The molecule has 0 bridgehead atoms. The number of hydrogen-bond donors (Lipinski definition) is 0. The molecule has 82 valence electrons. The van der Waals surface area contributed by atoms with Gasteiger partial charge in [0.05, 0.1) is 5.92 Å². The minimum Gasteiger partial charge on any atom is -0.334 e. The normalized spacial score (nSPS) is 21.9. The molecule has 0 aromatic carbocycles. The lowest BCUT2D eigenvalue weighted by Gasteiger charge is -2.20. The second-order valence-corrected chi connectivity index (χ2v) is 4.24. The fourth-order valence-corrected chi connectivity index (χ4v) is 2.32. The first-order chi connectivity index (χ1) is 7.33. The molecule has 3 nitrogen and oxygen atoms in total. The van der Waals surface area contributed by atoms with Gasteiger partial charge in [-0.3, -0.25) is 4.79 Å². The van der Waals surface area contributed by atoms with E-state index in [2.05, 4.69) is 16.5 Å². The molecule has 0 saturated heterocycles. The lowest BCUT2D eigenvalue weighted by molar-refractivity contribution is -0.122. The van der Waals surface area contributed by atoms with Gasteiger partial charge in [0, 0.05) is 25.4 Å². The van der Waals surface area contributed by atoms with Crippen LogP contribution in [0.4, 0.5) is 0 Å². The molecule has 2 rings (SSSR count). The van der Waals surface area contributed by atoms with Gasteiger partial charge < -0.3 is 4.57 Å². The van der Waals surface area contributed by atoms with Crippen LogP contribution in [-0.4, -0.2) is 15.3 Å². The minimum atomic E-state index is 0.0697. The summed E-state index contributed by atoms with van der Waals surface area (Å²) in [6.45, 7) is 3.12. The van der Waals surface area contributed by atoms with Crippen molar-refractivity contribution < 1.29 is 4.79 Å². The van der Waals surface area contributed by atoms with Crippen LogP contribution in [0.5, 0.6) is 0 Å². The summed E-state index contributed by atoms with van der Waals surface area (Å²) in [4.78, 5) is 16.1. The number of imidazole rings is 1. The van der Waals surface area contributed by atoms with Crippen molar-refractivity contribution >= 4 is 5.78 Å². The van der Waals surface area contributed by atoms with E-state index in [1.807, 2.05) is 12.4 Å². The Kier molecular flexibility index (Phi) is 3.19. The van der Waals surface area contributed by atoms with Gasteiger partial charge in [-0.1, -0.05) is 13.3 Å². The van der Waals surface area contributed by atoms with Gasteiger partial charge in [0.1, 0.15) is 11.6 Å². The van der Waals surface area contributed by atoms with Crippen LogP contribution in [0.1, 0.15) is 50.8 Å². The van der Waals surface area contributed by atoms with Gasteiger partial charge in [-0.25, -0.2) is 4.98 Å². The number of rotatable bonds is 3. The molecule has 0 spiro atoms. The Hall–Kier alpha value is -1.12. The second kappa shape index (κ2) is 4.60. The van der Waals surface area contributed by atoms with Crippen molar-refractivity contribution in [2.75, 3.05) is 0 Å². The van der Waals surface area contributed by atoms with E-state index in [4.69, 9.17) is 0 Å². The van der Waals surface area contributed by atoms with E-state index in [1.165, 1.54) is 0 Å². The van der Waals surface area contributed by atoms with Crippen LogP contribution in [0.3, 0.4) is 0 Å². The Morgan fingerprint density at radius 2 is 2.40 bits per heavy atom. The maximum Gasteiger partial charge on any atom is 0.143 e. The highest BCUT2D eigenvalue weighted by atomic mass is 16.1. The van der Waals surface area contributed by atoms with Crippen LogP contribution < -0.4 is 0 Å². The van der Waals surface area contributed by atoms with Gasteiger partial charge >= 0.3 is 0 Å². The standard InChI is InChI=1S/C12H18N2O/c1-2-8-14-9-7-13-12(14)10-5-3-4-6-11(10)15/h7,9-10H,2-6,8H2,1H3. The van der Waals surface area contributed by atoms with E-state index in [9.17, 15) is 4.79 Å². The van der Waals surface area contributed by atoms with Crippen molar-refractivity contribution in [1.29, 1.82) is 0 Å². The van der Waals surface area contributed by atoms with Crippen molar-refractivity contribution in [1.82, 2.24) is 9.55 Å². The van der Waals surface area contributed by atoms with E-state index in [-0.39, 0.29) is 5.92 Å². The van der Waals surface area contributed by atoms with Crippen LogP contribution in [0, 0.1) is 0 Å². The van der Waals surface area contributed by atoms with Crippen molar-refractivity contribution in [3.8, 4) is 0 Å². The Morgan fingerprint density at radius 1 is 1.53 bits per heavy atom. The first kappa shape index (κ1) is 10.4. The molecule has 0 aliphatic heterocycles. The molecule has 1 unspecified atom stereocenters. The molecule has 1 saturated carbocycles. The fourth-order valence-electron chi connectivity index (χ4n) is 2.32. The number of aromatic nitrogens is 2. The molecule has 1 aliphatic carbocycles. The summed E-state index contributed by atoms with van der Waals surface area (Å²) in [5.41, 5.74) is 0. The maximum atomic E-state index is 11.8. The molecule has 0 N–H and O–H groups in total. The number of ketones is 1. The van der Waals surface area contributed by atoms with Gasteiger partial charge in [0.15, 0.2) is 0 Å².